The third-order valence-electron chi connectivity index (χ3n) is 4.50. The second-order valence-corrected chi connectivity index (χ2v) is 6.60. The SMILES string of the molecule is CC(Nc1ccc(-c2cnco2)cc1)C(=O)Nc1ccc(-c2ccccc2)cn1. The molecule has 2 N–H and O–H groups in total. The lowest BCUT2D eigenvalue weighted by atomic mass is 10.1. The Hall–Kier alpha value is -3.93. The van der Waals surface area contributed by atoms with Gasteiger partial charge in [-0.25, -0.2) is 9.97 Å². The highest BCUT2D eigenvalue weighted by atomic mass is 16.3. The average Bonchev–Trinajstić information content (AvgIpc) is 3.30. The van der Waals surface area contributed by atoms with Crippen LogP contribution in [0.25, 0.3) is 22.5 Å². The monoisotopic (exact) mass is 384 g/mol. The van der Waals surface area contributed by atoms with Crippen LogP contribution in [0.1, 0.15) is 6.92 Å². The number of rotatable bonds is 6. The molecule has 4 rings (SSSR count). The van der Waals surface area contributed by atoms with Crippen LogP contribution in [0.15, 0.2) is 89.9 Å². The molecule has 0 saturated heterocycles. The number of amides is 1. The molecule has 0 bridgehead atoms. The van der Waals surface area contributed by atoms with E-state index in [-0.39, 0.29) is 5.91 Å². The standard InChI is InChI=1S/C23H20N4O2/c1-16(26-20-10-7-18(8-11-20)21-14-24-15-29-21)23(28)27-22-12-9-19(13-25-22)17-5-3-2-4-6-17/h2-16,26H,1H3,(H,25,27,28). The van der Waals surface area contributed by atoms with E-state index in [0.717, 1.165) is 22.4 Å². The van der Waals surface area contributed by atoms with E-state index in [1.165, 1.54) is 6.39 Å². The largest absolute Gasteiger partial charge is 0.444 e. The maximum atomic E-state index is 12.5. The first-order valence-electron chi connectivity index (χ1n) is 9.27. The van der Waals surface area contributed by atoms with Gasteiger partial charge in [-0.3, -0.25) is 4.79 Å². The van der Waals surface area contributed by atoms with Crippen molar-refractivity contribution in [2.24, 2.45) is 0 Å². The van der Waals surface area contributed by atoms with Crippen molar-refractivity contribution in [3.63, 3.8) is 0 Å². The minimum atomic E-state index is -0.429. The van der Waals surface area contributed by atoms with Gasteiger partial charge < -0.3 is 15.1 Å². The van der Waals surface area contributed by atoms with Gasteiger partial charge in [0.15, 0.2) is 12.2 Å². The number of aromatic nitrogens is 2. The van der Waals surface area contributed by atoms with Gasteiger partial charge in [0, 0.05) is 23.0 Å². The quantitative estimate of drug-likeness (QED) is 0.497. The van der Waals surface area contributed by atoms with Crippen molar-refractivity contribution in [3.05, 3.63) is 85.5 Å². The summed E-state index contributed by atoms with van der Waals surface area (Å²) in [5.41, 5.74) is 3.85. The summed E-state index contributed by atoms with van der Waals surface area (Å²) in [6, 6.07) is 20.9. The fraction of sp³-hybridized carbons (Fsp3) is 0.0870. The zero-order valence-corrected chi connectivity index (χ0v) is 15.9. The lowest BCUT2D eigenvalue weighted by Crippen LogP contribution is -2.32. The van der Waals surface area contributed by atoms with E-state index in [9.17, 15) is 4.79 Å². The molecule has 2 aromatic carbocycles. The molecule has 2 heterocycles. The Kier molecular flexibility index (Phi) is 5.33. The Labute approximate surface area is 168 Å². The molecule has 0 spiro atoms. The summed E-state index contributed by atoms with van der Waals surface area (Å²) >= 11 is 0. The van der Waals surface area contributed by atoms with Crippen LogP contribution in [0.2, 0.25) is 0 Å². The van der Waals surface area contributed by atoms with Crippen LogP contribution in [0, 0.1) is 0 Å². The second kappa shape index (κ2) is 8.39. The molecule has 1 unspecified atom stereocenters. The van der Waals surface area contributed by atoms with Gasteiger partial charge in [-0.1, -0.05) is 30.3 Å². The van der Waals surface area contributed by atoms with Crippen molar-refractivity contribution in [2.75, 3.05) is 10.6 Å². The zero-order chi connectivity index (χ0) is 20.1. The number of carbonyl (C=O) groups excluding carboxylic acids is 1. The lowest BCUT2D eigenvalue weighted by Gasteiger charge is -2.15. The van der Waals surface area contributed by atoms with E-state index in [2.05, 4.69) is 20.6 Å². The Bertz CT molecular complexity index is 1060. The summed E-state index contributed by atoms with van der Waals surface area (Å²) < 4.78 is 5.28. The third-order valence-corrected chi connectivity index (χ3v) is 4.50. The number of hydrogen-bond acceptors (Lipinski definition) is 5. The summed E-state index contributed by atoms with van der Waals surface area (Å²) in [4.78, 5) is 20.8. The molecule has 2 aromatic heterocycles. The van der Waals surface area contributed by atoms with E-state index in [4.69, 9.17) is 4.42 Å². The molecule has 0 aliphatic rings. The molecular formula is C23H20N4O2. The first kappa shape index (κ1) is 18.4. The van der Waals surface area contributed by atoms with E-state index in [1.807, 2.05) is 60.7 Å². The minimum Gasteiger partial charge on any atom is -0.444 e. The van der Waals surface area contributed by atoms with Gasteiger partial charge in [-0.05, 0) is 48.9 Å². The molecule has 144 valence electrons. The maximum Gasteiger partial charge on any atom is 0.247 e. The maximum absolute atomic E-state index is 12.5. The van der Waals surface area contributed by atoms with Crippen molar-refractivity contribution in [2.45, 2.75) is 13.0 Å². The molecule has 6 nitrogen and oxygen atoms in total. The third kappa shape index (κ3) is 4.50. The molecule has 0 aliphatic carbocycles. The normalized spacial score (nSPS) is 11.6. The van der Waals surface area contributed by atoms with Gasteiger partial charge in [0.1, 0.15) is 11.9 Å². The summed E-state index contributed by atoms with van der Waals surface area (Å²) in [5.74, 6) is 1.06. The molecule has 0 radical (unpaired) electrons. The molecule has 1 amide bonds. The predicted molar refractivity (Wildman–Crippen MR) is 113 cm³/mol. The Morgan fingerprint density at radius 2 is 1.66 bits per heavy atom. The van der Waals surface area contributed by atoms with E-state index >= 15 is 0 Å². The number of oxazole rings is 1. The summed E-state index contributed by atoms with van der Waals surface area (Å²) in [6.45, 7) is 1.80. The van der Waals surface area contributed by atoms with Crippen LogP contribution in [-0.2, 0) is 4.79 Å². The Morgan fingerprint density at radius 1 is 0.897 bits per heavy atom. The van der Waals surface area contributed by atoms with Gasteiger partial charge >= 0.3 is 0 Å². The highest BCUT2D eigenvalue weighted by molar-refractivity contribution is 5.95. The Morgan fingerprint density at radius 3 is 2.31 bits per heavy atom. The van der Waals surface area contributed by atoms with Gasteiger partial charge in [0.25, 0.3) is 0 Å². The number of carbonyl (C=O) groups is 1. The van der Waals surface area contributed by atoms with E-state index in [0.29, 0.717) is 11.6 Å². The van der Waals surface area contributed by atoms with Crippen LogP contribution in [0.5, 0.6) is 0 Å². The number of hydrogen-bond donors (Lipinski definition) is 2. The number of nitrogens with one attached hydrogen (secondary N) is 2. The number of benzene rings is 2. The first-order valence-corrected chi connectivity index (χ1v) is 9.27. The van der Waals surface area contributed by atoms with Crippen LogP contribution < -0.4 is 10.6 Å². The van der Waals surface area contributed by atoms with Crippen molar-refractivity contribution >= 4 is 17.4 Å². The fourth-order valence-electron chi connectivity index (χ4n) is 2.91. The summed E-state index contributed by atoms with van der Waals surface area (Å²) in [5, 5.41) is 6.02. The smallest absolute Gasteiger partial charge is 0.247 e. The van der Waals surface area contributed by atoms with Crippen LogP contribution >= 0.6 is 0 Å². The van der Waals surface area contributed by atoms with E-state index in [1.54, 1.807) is 25.4 Å². The topological polar surface area (TPSA) is 80.0 Å². The number of pyridine rings is 1. The van der Waals surface area contributed by atoms with Crippen LogP contribution in [0.4, 0.5) is 11.5 Å². The highest BCUT2D eigenvalue weighted by Crippen LogP contribution is 2.22. The van der Waals surface area contributed by atoms with Crippen LogP contribution in [0.3, 0.4) is 0 Å². The van der Waals surface area contributed by atoms with Gasteiger partial charge in [0.2, 0.25) is 5.91 Å². The molecule has 0 aliphatic heterocycles. The van der Waals surface area contributed by atoms with Crippen molar-refractivity contribution in [3.8, 4) is 22.5 Å². The van der Waals surface area contributed by atoms with Gasteiger partial charge in [-0.15, -0.1) is 0 Å². The van der Waals surface area contributed by atoms with Crippen LogP contribution in [-0.4, -0.2) is 21.9 Å². The summed E-state index contributed by atoms with van der Waals surface area (Å²) in [6.07, 6.45) is 4.81. The predicted octanol–water partition coefficient (Wildman–Crippen LogP) is 4.84. The van der Waals surface area contributed by atoms with Gasteiger partial charge in [0.05, 0.1) is 6.20 Å². The molecule has 4 aromatic rings. The molecule has 0 fully saturated rings. The molecule has 29 heavy (non-hydrogen) atoms. The Balaban J connectivity index is 1.36. The second-order valence-electron chi connectivity index (χ2n) is 6.60. The first-order chi connectivity index (χ1) is 14.2. The molecular weight excluding hydrogens is 364 g/mol. The lowest BCUT2D eigenvalue weighted by molar-refractivity contribution is -0.116. The minimum absolute atomic E-state index is 0.163. The van der Waals surface area contributed by atoms with Crippen molar-refractivity contribution < 1.29 is 9.21 Å². The molecule has 1 atom stereocenters. The molecule has 6 heteroatoms. The van der Waals surface area contributed by atoms with Gasteiger partial charge in [-0.2, -0.15) is 0 Å². The zero-order valence-electron chi connectivity index (χ0n) is 15.9. The van der Waals surface area contributed by atoms with Crippen molar-refractivity contribution in [1.82, 2.24) is 9.97 Å². The van der Waals surface area contributed by atoms with E-state index < -0.39 is 6.04 Å². The average molecular weight is 384 g/mol. The summed E-state index contributed by atoms with van der Waals surface area (Å²) in [7, 11) is 0. The highest BCUT2D eigenvalue weighted by Gasteiger charge is 2.13. The van der Waals surface area contributed by atoms with Crippen molar-refractivity contribution in [1.29, 1.82) is 0 Å². The molecule has 0 saturated carbocycles. The number of anilines is 2. The number of nitrogens with zero attached hydrogens (tertiary/aromatic N) is 2. The fourth-order valence-corrected chi connectivity index (χ4v) is 2.91.